The van der Waals surface area contributed by atoms with E-state index >= 15 is 0 Å². The van der Waals surface area contributed by atoms with Crippen LogP contribution in [-0.4, -0.2) is 35.2 Å². The Kier molecular flexibility index (Phi) is 5.10. The number of likely N-dealkylation sites (tertiary alicyclic amines) is 1. The van der Waals surface area contributed by atoms with Crippen molar-refractivity contribution in [1.29, 1.82) is 0 Å². The van der Waals surface area contributed by atoms with Crippen molar-refractivity contribution < 1.29 is 14.4 Å². The molecule has 6 heteroatoms. The molecule has 6 nitrogen and oxygen atoms in total. The van der Waals surface area contributed by atoms with Crippen LogP contribution in [0.15, 0.2) is 54.6 Å². The van der Waals surface area contributed by atoms with E-state index in [9.17, 15) is 14.4 Å². The van der Waals surface area contributed by atoms with E-state index in [0.717, 1.165) is 18.4 Å². The molecule has 1 saturated heterocycles. The highest BCUT2D eigenvalue weighted by Gasteiger charge is 2.34. The number of amides is 3. The van der Waals surface area contributed by atoms with E-state index in [1.54, 1.807) is 29.2 Å². The summed E-state index contributed by atoms with van der Waals surface area (Å²) in [7, 11) is 0. The van der Waals surface area contributed by atoms with Gasteiger partial charge in [0.25, 0.3) is 5.91 Å². The molecular formula is C22H23N3O3. The molecule has 4 rings (SSSR count). The second-order valence-electron chi connectivity index (χ2n) is 7.48. The third-order valence-electron chi connectivity index (χ3n) is 5.11. The molecule has 1 aliphatic heterocycles. The smallest absolute Gasteiger partial charge is 0.251 e. The number of benzene rings is 2. The monoisotopic (exact) mass is 377 g/mol. The van der Waals surface area contributed by atoms with Crippen LogP contribution in [0.3, 0.4) is 0 Å². The Hall–Kier alpha value is -3.15. The summed E-state index contributed by atoms with van der Waals surface area (Å²) in [6, 6.07) is 16.9. The summed E-state index contributed by atoms with van der Waals surface area (Å²) in [5.41, 5.74) is 2.14. The summed E-state index contributed by atoms with van der Waals surface area (Å²) in [6.45, 7) is 0.918. The molecule has 0 spiro atoms. The summed E-state index contributed by atoms with van der Waals surface area (Å²) < 4.78 is 0. The maximum absolute atomic E-state index is 12.6. The van der Waals surface area contributed by atoms with Crippen molar-refractivity contribution in [3.63, 3.8) is 0 Å². The summed E-state index contributed by atoms with van der Waals surface area (Å²) in [4.78, 5) is 38.8. The predicted octanol–water partition coefficient (Wildman–Crippen LogP) is 2.57. The lowest BCUT2D eigenvalue weighted by Crippen LogP contribution is -2.28. The molecule has 1 heterocycles. The van der Waals surface area contributed by atoms with Crippen molar-refractivity contribution in [1.82, 2.24) is 10.2 Å². The standard InChI is InChI=1S/C22H23N3O3/c26-20-12-17(14-25(20)13-15-5-2-1-3-6-15)22(28)24-19-8-4-7-16(11-19)21(27)23-18-9-10-18/h1-8,11,17-18H,9-10,12-14H2,(H,23,27)(H,24,28)/t17-/m0/s1. The van der Waals surface area contributed by atoms with E-state index in [4.69, 9.17) is 0 Å². The van der Waals surface area contributed by atoms with Gasteiger partial charge in [-0.1, -0.05) is 36.4 Å². The van der Waals surface area contributed by atoms with Crippen molar-refractivity contribution in [2.24, 2.45) is 5.92 Å². The molecule has 0 unspecified atom stereocenters. The van der Waals surface area contributed by atoms with Crippen LogP contribution in [0.4, 0.5) is 5.69 Å². The second-order valence-corrected chi connectivity index (χ2v) is 7.48. The Morgan fingerprint density at radius 1 is 1.04 bits per heavy atom. The first-order valence-electron chi connectivity index (χ1n) is 9.62. The molecule has 2 aromatic carbocycles. The molecule has 2 aromatic rings. The second kappa shape index (κ2) is 7.84. The number of carbonyl (C=O) groups is 3. The topological polar surface area (TPSA) is 78.5 Å². The van der Waals surface area contributed by atoms with Gasteiger partial charge in [0, 0.05) is 36.8 Å². The lowest BCUT2D eigenvalue weighted by atomic mass is 10.1. The Morgan fingerprint density at radius 2 is 1.82 bits per heavy atom. The fourth-order valence-corrected chi connectivity index (χ4v) is 3.38. The fraction of sp³-hybridized carbons (Fsp3) is 0.318. The van der Waals surface area contributed by atoms with Gasteiger partial charge < -0.3 is 15.5 Å². The summed E-state index contributed by atoms with van der Waals surface area (Å²) in [5.74, 6) is -0.714. The van der Waals surface area contributed by atoms with Crippen molar-refractivity contribution in [3.05, 3.63) is 65.7 Å². The maximum atomic E-state index is 12.6. The molecule has 0 radical (unpaired) electrons. The number of rotatable bonds is 6. The van der Waals surface area contributed by atoms with E-state index in [1.807, 2.05) is 30.3 Å². The van der Waals surface area contributed by atoms with Gasteiger partial charge in [0.05, 0.1) is 5.92 Å². The molecule has 0 bridgehead atoms. The van der Waals surface area contributed by atoms with E-state index < -0.39 is 0 Å². The average molecular weight is 377 g/mol. The van der Waals surface area contributed by atoms with Crippen molar-refractivity contribution in [2.75, 3.05) is 11.9 Å². The molecule has 144 valence electrons. The lowest BCUT2D eigenvalue weighted by Gasteiger charge is -2.16. The number of carbonyl (C=O) groups excluding carboxylic acids is 3. The van der Waals surface area contributed by atoms with Gasteiger partial charge in [0.1, 0.15) is 0 Å². The van der Waals surface area contributed by atoms with Crippen LogP contribution in [0.2, 0.25) is 0 Å². The van der Waals surface area contributed by atoms with Crippen LogP contribution in [-0.2, 0) is 16.1 Å². The number of anilines is 1. The molecule has 0 aromatic heterocycles. The zero-order valence-electron chi connectivity index (χ0n) is 15.6. The van der Waals surface area contributed by atoms with Crippen LogP contribution in [0.25, 0.3) is 0 Å². The normalized spacial score (nSPS) is 18.8. The highest BCUT2D eigenvalue weighted by atomic mass is 16.2. The van der Waals surface area contributed by atoms with E-state index in [2.05, 4.69) is 10.6 Å². The molecule has 1 saturated carbocycles. The molecule has 1 aliphatic carbocycles. The van der Waals surface area contributed by atoms with Crippen LogP contribution < -0.4 is 10.6 Å². The molecule has 2 fully saturated rings. The summed E-state index contributed by atoms with van der Waals surface area (Å²) >= 11 is 0. The number of nitrogens with zero attached hydrogens (tertiary/aromatic N) is 1. The van der Waals surface area contributed by atoms with Gasteiger partial charge >= 0.3 is 0 Å². The van der Waals surface area contributed by atoms with Gasteiger partial charge in [0.2, 0.25) is 11.8 Å². The van der Waals surface area contributed by atoms with Gasteiger partial charge in [-0.2, -0.15) is 0 Å². The minimum absolute atomic E-state index is 0.0124. The Balaban J connectivity index is 1.36. The fourth-order valence-electron chi connectivity index (χ4n) is 3.38. The number of nitrogens with one attached hydrogen (secondary N) is 2. The largest absolute Gasteiger partial charge is 0.349 e. The zero-order chi connectivity index (χ0) is 19.5. The molecule has 1 atom stereocenters. The molecule has 3 amide bonds. The van der Waals surface area contributed by atoms with Crippen LogP contribution in [0.1, 0.15) is 35.2 Å². The van der Waals surface area contributed by atoms with E-state index in [-0.39, 0.29) is 36.1 Å². The van der Waals surface area contributed by atoms with E-state index in [0.29, 0.717) is 24.3 Å². The maximum Gasteiger partial charge on any atom is 0.251 e. The van der Waals surface area contributed by atoms with Gasteiger partial charge in [-0.15, -0.1) is 0 Å². The van der Waals surface area contributed by atoms with Crippen molar-refractivity contribution in [3.8, 4) is 0 Å². The molecular weight excluding hydrogens is 354 g/mol. The molecule has 28 heavy (non-hydrogen) atoms. The Bertz CT molecular complexity index is 893. The zero-order valence-corrected chi connectivity index (χ0v) is 15.6. The lowest BCUT2D eigenvalue weighted by molar-refractivity contribution is -0.128. The van der Waals surface area contributed by atoms with Gasteiger partial charge in [0.15, 0.2) is 0 Å². The first kappa shape index (κ1) is 18.2. The Morgan fingerprint density at radius 3 is 2.57 bits per heavy atom. The van der Waals surface area contributed by atoms with Crippen molar-refractivity contribution in [2.45, 2.75) is 31.8 Å². The minimum atomic E-state index is -0.389. The predicted molar refractivity (Wildman–Crippen MR) is 106 cm³/mol. The van der Waals surface area contributed by atoms with Gasteiger partial charge in [-0.3, -0.25) is 14.4 Å². The third kappa shape index (κ3) is 4.39. The van der Waals surface area contributed by atoms with E-state index in [1.165, 1.54) is 0 Å². The highest BCUT2D eigenvalue weighted by Crippen LogP contribution is 2.23. The summed E-state index contributed by atoms with van der Waals surface area (Å²) in [6.07, 6.45) is 2.26. The van der Waals surface area contributed by atoms with Crippen LogP contribution >= 0.6 is 0 Å². The number of hydrogen-bond donors (Lipinski definition) is 2. The average Bonchev–Trinajstić information content (AvgIpc) is 3.44. The highest BCUT2D eigenvalue weighted by molar-refractivity contribution is 5.99. The van der Waals surface area contributed by atoms with Crippen LogP contribution in [0, 0.1) is 5.92 Å². The van der Waals surface area contributed by atoms with Crippen LogP contribution in [0.5, 0.6) is 0 Å². The SMILES string of the molecule is O=C(NC1CC1)c1cccc(NC(=O)[C@H]2CC(=O)N(Cc3ccccc3)C2)c1. The first-order valence-corrected chi connectivity index (χ1v) is 9.62. The van der Waals surface area contributed by atoms with Gasteiger partial charge in [-0.05, 0) is 36.6 Å². The first-order chi connectivity index (χ1) is 13.6. The third-order valence-corrected chi connectivity index (χ3v) is 5.11. The summed E-state index contributed by atoms with van der Waals surface area (Å²) in [5, 5.41) is 5.79. The Labute approximate surface area is 163 Å². The minimum Gasteiger partial charge on any atom is -0.349 e. The van der Waals surface area contributed by atoms with Gasteiger partial charge in [-0.25, -0.2) is 0 Å². The van der Waals surface area contributed by atoms with Crippen molar-refractivity contribution >= 4 is 23.4 Å². The number of hydrogen-bond acceptors (Lipinski definition) is 3. The molecule has 2 aliphatic rings. The quantitative estimate of drug-likeness (QED) is 0.812. The molecule has 2 N–H and O–H groups in total.